The van der Waals surface area contributed by atoms with Crippen molar-refractivity contribution in [2.75, 3.05) is 67.6 Å². The topological polar surface area (TPSA) is 40.5 Å². The van der Waals surface area contributed by atoms with Crippen LogP contribution < -0.4 is 24.8 Å². The highest BCUT2D eigenvalue weighted by atomic mass is 35.5. The van der Waals surface area contributed by atoms with E-state index in [1.165, 1.54) is 0 Å². The minimum atomic E-state index is 0. The van der Waals surface area contributed by atoms with Gasteiger partial charge in [-0.25, -0.2) is 0 Å². The van der Waals surface area contributed by atoms with Crippen LogP contribution in [0.1, 0.15) is 12.8 Å². The molecule has 0 fully saturated rings. The average molecular weight is 305 g/mol. The molecule has 0 amide bonds. The molecule has 0 saturated carbocycles. The predicted molar refractivity (Wildman–Crippen MR) is 67.1 cm³/mol. The molecule has 6 heteroatoms. The van der Waals surface area contributed by atoms with Crippen molar-refractivity contribution in [2.45, 2.75) is 12.8 Å². The van der Waals surface area contributed by atoms with Gasteiger partial charge in [-0.3, -0.25) is 0 Å². The fourth-order valence-electron chi connectivity index (χ4n) is 1.76. The third-order valence-electron chi connectivity index (χ3n) is 3.15. The lowest BCUT2D eigenvalue weighted by Gasteiger charge is -2.35. The number of halogens is 2. The van der Waals surface area contributed by atoms with Crippen LogP contribution in [0.15, 0.2) is 0 Å². The maximum absolute atomic E-state index is 8.83. The van der Waals surface area contributed by atoms with E-state index in [9.17, 15) is 0 Å². The van der Waals surface area contributed by atoms with Crippen LogP contribution >= 0.6 is 0 Å². The van der Waals surface area contributed by atoms with E-state index in [-0.39, 0.29) is 38.0 Å². The van der Waals surface area contributed by atoms with Crippen LogP contribution in [0.3, 0.4) is 0 Å². The summed E-state index contributed by atoms with van der Waals surface area (Å²) < 4.78 is 1.92. The molecule has 4 nitrogen and oxygen atoms in total. The number of aliphatic hydroxyl groups is 2. The Morgan fingerprint density at radius 1 is 0.611 bits per heavy atom. The summed E-state index contributed by atoms with van der Waals surface area (Å²) in [5.41, 5.74) is 0. The van der Waals surface area contributed by atoms with Gasteiger partial charge in [0.25, 0.3) is 0 Å². The Balaban J connectivity index is -0.00000112. The molecule has 0 spiro atoms. The molecule has 0 heterocycles. The van der Waals surface area contributed by atoms with E-state index in [0.717, 1.165) is 48.0 Å². The van der Waals surface area contributed by atoms with Gasteiger partial charge in [0.1, 0.15) is 13.1 Å². The summed E-state index contributed by atoms with van der Waals surface area (Å²) in [4.78, 5) is 0. The van der Waals surface area contributed by atoms with Crippen molar-refractivity contribution in [3.05, 3.63) is 0 Å². The summed E-state index contributed by atoms with van der Waals surface area (Å²) in [5, 5.41) is 17.7. The molecule has 2 N–H and O–H groups in total. The summed E-state index contributed by atoms with van der Waals surface area (Å²) in [6.45, 7) is 4.83. The zero-order chi connectivity index (χ0) is 12.7. The van der Waals surface area contributed by atoms with E-state index < -0.39 is 0 Å². The maximum Gasteiger partial charge on any atom is 0.128 e. The monoisotopic (exact) mass is 304 g/mol. The first-order valence-corrected chi connectivity index (χ1v) is 6.19. The Morgan fingerprint density at radius 3 is 1.11 bits per heavy atom. The van der Waals surface area contributed by atoms with Crippen LogP contribution in [0, 0.1) is 0 Å². The summed E-state index contributed by atoms with van der Waals surface area (Å²) in [5.74, 6) is 0. The van der Waals surface area contributed by atoms with Crippen LogP contribution in [-0.4, -0.2) is 86.8 Å². The van der Waals surface area contributed by atoms with Gasteiger partial charge in [0.15, 0.2) is 0 Å². The second-order valence-electron chi connectivity index (χ2n) is 5.92. The highest BCUT2D eigenvalue weighted by molar-refractivity contribution is 4.40. The number of rotatable bonds is 9. The van der Waals surface area contributed by atoms with Crippen molar-refractivity contribution in [2.24, 2.45) is 0 Å². The summed E-state index contributed by atoms with van der Waals surface area (Å²) >= 11 is 0. The van der Waals surface area contributed by atoms with Crippen molar-refractivity contribution >= 4 is 0 Å². The lowest BCUT2D eigenvalue weighted by molar-refractivity contribution is -0.946. The molecule has 0 aromatic rings. The zero-order valence-electron chi connectivity index (χ0n) is 12.2. The number of quaternary nitrogens is 2. The molecule has 0 atom stereocenters. The highest BCUT2D eigenvalue weighted by Gasteiger charge is 2.21. The molecule has 0 saturated heterocycles. The normalized spacial score (nSPS) is 11.7. The first-order valence-electron chi connectivity index (χ1n) is 6.19. The van der Waals surface area contributed by atoms with Gasteiger partial charge in [0.05, 0.1) is 41.3 Å². The lowest BCUT2D eigenvalue weighted by atomic mass is 10.3. The second-order valence-corrected chi connectivity index (χ2v) is 5.92. The smallest absolute Gasteiger partial charge is 0.128 e. The van der Waals surface area contributed by atoms with Gasteiger partial charge in [-0.15, -0.1) is 0 Å². The standard InChI is InChI=1S/C12H30N2O2.2ClH/c1-13(2,7-5-11-15)9-10-14(3,4)8-6-12-16;;/h15-16H,5-12H2,1-4H3;2*1H/q+2;;/p-2. The Hall–Kier alpha value is 0.420. The van der Waals surface area contributed by atoms with Gasteiger partial charge in [0, 0.05) is 26.1 Å². The third kappa shape index (κ3) is 12.9. The summed E-state index contributed by atoms with van der Waals surface area (Å²) in [6.07, 6.45) is 1.74. The van der Waals surface area contributed by atoms with Crippen LogP contribution in [0.2, 0.25) is 0 Å². The molecule has 114 valence electrons. The third-order valence-corrected chi connectivity index (χ3v) is 3.15. The fraction of sp³-hybridized carbons (Fsp3) is 1.00. The minimum Gasteiger partial charge on any atom is -1.00 e. The van der Waals surface area contributed by atoms with Crippen LogP contribution in [0.4, 0.5) is 0 Å². The number of nitrogens with zero attached hydrogens (tertiary/aromatic N) is 2. The van der Waals surface area contributed by atoms with Gasteiger partial charge in [-0.2, -0.15) is 0 Å². The SMILES string of the molecule is C[N+](C)(CCCO)CC[N+](C)(C)CCCO.[Cl-].[Cl-]. The molecule has 0 radical (unpaired) electrons. The second kappa shape index (κ2) is 11.3. The van der Waals surface area contributed by atoms with Gasteiger partial charge < -0.3 is 44.0 Å². The van der Waals surface area contributed by atoms with Gasteiger partial charge >= 0.3 is 0 Å². The van der Waals surface area contributed by atoms with Gasteiger partial charge in [-0.05, 0) is 0 Å². The van der Waals surface area contributed by atoms with Crippen molar-refractivity contribution in [1.82, 2.24) is 0 Å². The maximum atomic E-state index is 8.83. The van der Waals surface area contributed by atoms with Crippen molar-refractivity contribution < 1.29 is 44.0 Å². The van der Waals surface area contributed by atoms with E-state index in [4.69, 9.17) is 10.2 Å². The summed E-state index contributed by atoms with van der Waals surface area (Å²) in [7, 11) is 8.84. The fourth-order valence-corrected chi connectivity index (χ4v) is 1.76. The lowest BCUT2D eigenvalue weighted by Crippen LogP contribution is -3.00. The predicted octanol–water partition coefficient (Wildman–Crippen LogP) is -6.09. The molecule has 0 aliphatic carbocycles. The Bertz CT molecular complexity index is 171. The molecule has 0 unspecified atom stereocenters. The molecule has 0 aromatic carbocycles. The zero-order valence-corrected chi connectivity index (χ0v) is 13.7. The van der Waals surface area contributed by atoms with E-state index in [0.29, 0.717) is 0 Å². The van der Waals surface area contributed by atoms with Crippen molar-refractivity contribution in [3.8, 4) is 0 Å². The Morgan fingerprint density at radius 2 is 0.889 bits per heavy atom. The molecular weight excluding hydrogens is 275 g/mol. The van der Waals surface area contributed by atoms with Crippen molar-refractivity contribution in [1.29, 1.82) is 0 Å². The number of hydrogen-bond donors (Lipinski definition) is 2. The van der Waals surface area contributed by atoms with E-state index in [1.807, 2.05) is 0 Å². The highest BCUT2D eigenvalue weighted by Crippen LogP contribution is 2.04. The molecular formula is C12H30Cl2N2O2. The van der Waals surface area contributed by atoms with Crippen LogP contribution in [0.25, 0.3) is 0 Å². The van der Waals surface area contributed by atoms with Gasteiger partial charge in [-0.1, -0.05) is 0 Å². The Kier molecular flexibility index (Phi) is 14.7. The first-order chi connectivity index (χ1) is 7.33. The number of aliphatic hydroxyl groups excluding tert-OH is 2. The molecule has 0 rings (SSSR count). The molecule has 0 aliphatic heterocycles. The Labute approximate surface area is 125 Å². The molecule has 0 aliphatic rings. The largest absolute Gasteiger partial charge is 1.00 e. The first kappa shape index (κ1) is 23.5. The molecule has 0 bridgehead atoms. The van der Waals surface area contributed by atoms with Gasteiger partial charge in [0.2, 0.25) is 0 Å². The van der Waals surface area contributed by atoms with Crippen molar-refractivity contribution in [3.63, 3.8) is 0 Å². The van der Waals surface area contributed by atoms with E-state index >= 15 is 0 Å². The molecule has 18 heavy (non-hydrogen) atoms. The number of hydrogen-bond acceptors (Lipinski definition) is 2. The van der Waals surface area contributed by atoms with E-state index in [1.54, 1.807) is 0 Å². The minimum absolute atomic E-state index is 0. The van der Waals surface area contributed by atoms with Crippen LogP contribution in [0.5, 0.6) is 0 Å². The molecule has 0 aromatic heterocycles. The average Bonchev–Trinajstić information content (AvgIpc) is 2.22. The van der Waals surface area contributed by atoms with E-state index in [2.05, 4.69) is 28.2 Å². The number of likely N-dealkylation sites (N-methyl/N-ethyl adjacent to an activating group) is 2. The summed E-state index contributed by atoms with van der Waals surface area (Å²) in [6, 6.07) is 0. The van der Waals surface area contributed by atoms with Crippen LogP contribution in [-0.2, 0) is 0 Å². The quantitative estimate of drug-likeness (QED) is 0.416.